The Morgan fingerprint density at radius 1 is 1.48 bits per heavy atom. The van der Waals surface area contributed by atoms with Crippen LogP contribution in [0.5, 0.6) is 0 Å². The average molecular weight is 313 g/mol. The molecule has 7 nitrogen and oxygen atoms in total. The molecule has 8 heteroatoms. The van der Waals surface area contributed by atoms with Crippen molar-refractivity contribution in [3.63, 3.8) is 0 Å². The van der Waals surface area contributed by atoms with Crippen LogP contribution in [-0.2, 0) is 0 Å². The number of benzene rings is 1. The van der Waals surface area contributed by atoms with Gasteiger partial charge in [0, 0.05) is 24.7 Å². The Bertz CT molecular complexity index is 571. The molecule has 0 unspecified atom stereocenters. The van der Waals surface area contributed by atoms with Crippen LogP contribution in [0.25, 0.3) is 0 Å². The summed E-state index contributed by atoms with van der Waals surface area (Å²) in [6.07, 6.45) is 1.91. The third kappa shape index (κ3) is 3.25. The first kappa shape index (κ1) is 15.5. The van der Waals surface area contributed by atoms with Crippen molar-refractivity contribution in [3.8, 4) is 0 Å². The van der Waals surface area contributed by atoms with Gasteiger partial charge in [-0.3, -0.25) is 20.3 Å². The molecule has 0 saturated carbocycles. The highest BCUT2D eigenvalue weighted by Crippen LogP contribution is 2.38. The predicted octanol–water partition coefficient (Wildman–Crippen LogP) is 2.09. The Morgan fingerprint density at radius 3 is 2.62 bits per heavy atom. The summed E-state index contributed by atoms with van der Waals surface area (Å²) in [4.78, 5) is 24.2. The van der Waals surface area contributed by atoms with E-state index in [1.807, 2.05) is 10.3 Å². The van der Waals surface area contributed by atoms with Crippen LogP contribution in [0, 0.1) is 16.0 Å². The number of halogens is 1. The van der Waals surface area contributed by atoms with Gasteiger partial charge in [-0.15, -0.1) is 0 Å². The molecule has 1 heterocycles. The predicted molar refractivity (Wildman–Crippen MR) is 80.4 cm³/mol. The number of hydrogen-bond acceptors (Lipinski definition) is 5. The standard InChI is InChI=1S/C13H17ClN4O3/c1-8-2-4-17(5-3-8)12-10(14)6-9(13(19)16-15)7-11(12)18(20)21/h6-8H,2-5,15H2,1H3,(H,16,19). The van der Waals surface area contributed by atoms with E-state index in [1.165, 1.54) is 12.1 Å². The van der Waals surface area contributed by atoms with Gasteiger partial charge in [0.15, 0.2) is 0 Å². The molecule has 2 rings (SSSR count). The maximum absolute atomic E-state index is 11.5. The lowest BCUT2D eigenvalue weighted by molar-refractivity contribution is -0.384. The highest BCUT2D eigenvalue weighted by atomic mass is 35.5. The summed E-state index contributed by atoms with van der Waals surface area (Å²) in [5.74, 6) is 5.04. The fraction of sp³-hybridized carbons (Fsp3) is 0.462. The molecule has 0 atom stereocenters. The fourth-order valence-corrected chi connectivity index (χ4v) is 2.82. The zero-order chi connectivity index (χ0) is 15.6. The van der Waals surface area contributed by atoms with E-state index in [0.29, 0.717) is 24.7 Å². The molecular weight excluding hydrogens is 296 g/mol. The molecule has 21 heavy (non-hydrogen) atoms. The Balaban J connectivity index is 2.45. The number of nitro benzene ring substituents is 1. The summed E-state index contributed by atoms with van der Waals surface area (Å²) in [5, 5.41) is 11.5. The second-order valence-corrected chi connectivity index (χ2v) is 5.63. The number of nitrogens with one attached hydrogen (secondary N) is 1. The number of amides is 1. The summed E-state index contributed by atoms with van der Waals surface area (Å²) in [5.41, 5.74) is 2.22. The molecule has 0 spiro atoms. The smallest absolute Gasteiger partial charge is 0.294 e. The van der Waals surface area contributed by atoms with Crippen LogP contribution in [0.2, 0.25) is 5.02 Å². The summed E-state index contributed by atoms with van der Waals surface area (Å²) in [6.45, 7) is 3.58. The maximum Gasteiger partial charge on any atom is 0.294 e. The Kier molecular flexibility index (Phi) is 4.64. The Labute approximate surface area is 127 Å². The first-order chi connectivity index (χ1) is 9.93. The number of hydrogen-bond donors (Lipinski definition) is 2. The SMILES string of the molecule is CC1CCN(c2c(Cl)cc(C(=O)NN)cc2[N+](=O)[O-])CC1. The molecule has 114 valence electrons. The Hall–Kier alpha value is -1.86. The van der Waals surface area contributed by atoms with E-state index in [2.05, 4.69) is 6.92 Å². The number of anilines is 1. The second-order valence-electron chi connectivity index (χ2n) is 5.23. The van der Waals surface area contributed by atoms with Gasteiger partial charge < -0.3 is 4.90 Å². The van der Waals surface area contributed by atoms with E-state index >= 15 is 0 Å². The monoisotopic (exact) mass is 312 g/mol. The van der Waals surface area contributed by atoms with Crippen LogP contribution in [0.15, 0.2) is 12.1 Å². The van der Waals surface area contributed by atoms with Gasteiger partial charge in [-0.1, -0.05) is 18.5 Å². The third-order valence-corrected chi connectivity index (χ3v) is 4.02. The summed E-state index contributed by atoms with van der Waals surface area (Å²) >= 11 is 6.18. The summed E-state index contributed by atoms with van der Waals surface area (Å²) in [6, 6.07) is 2.62. The van der Waals surface area contributed by atoms with Gasteiger partial charge in [0.25, 0.3) is 11.6 Å². The topological polar surface area (TPSA) is 102 Å². The highest BCUT2D eigenvalue weighted by Gasteiger charge is 2.27. The molecule has 1 saturated heterocycles. The van der Waals surface area contributed by atoms with Crippen molar-refractivity contribution in [1.29, 1.82) is 0 Å². The van der Waals surface area contributed by atoms with Gasteiger partial charge in [-0.25, -0.2) is 5.84 Å². The lowest BCUT2D eigenvalue weighted by Crippen LogP contribution is -2.34. The first-order valence-corrected chi connectivity index (χ1v) is 7.05. The molecule has 1 aliphatic rings. The summed E-state index contributed by atoms with van der Waals surface area (Å²) in [7, 11) is 0. The molecule has 0 radical (unpaired) electrons. The van der Waals surface area contributed by atoms with Crippen molar-refractivity contribution in [2.45, 2.75) is 19.8 Å². The van der Waals surface area contributed by atoms with Gasteiger partial charge in [-0.2, -0.15) is 0 Å². The average Bonchev–Trinajstić information content (AvgIpc) is 2.46. The number of nitrogens with zero attached hydrogens (tertiary/aromatic N) is 2. The van der Waals surface area contributed by atoms with Gasteiger partial charge >= 0.3 is 0 Å². The number of piperidine rings is 1. The zero-order valence-electron chi connectivity index (χ0n) is 11.6. The van der Waals surface area contributed by atoms with E-state index < -0.39 is 10.8 Å². The van der Waals surface area contributed by atoms with Crippen molar-refractivity contribution >= 4 is 28.9 Å². The van der Waals surface area contributed by atoms with E-state index in [0.717, 1.165) is 12.8 Å². The zero-order valence-corrected chi connectivity index (χ0v) is 12.4. The van der Waals surface area contributed by atoms with E-state index in [4.69, 9.17) is 17.4 Å². The first-order valence-electron chi connectivity index (χ1n) is 6.68. The van der Waals surface area contributed by atoms with E-state index in [1.54, 1.807) is 0 Å². The van der Waals surface area contributed by atoms with Gasteiger partial charge in [0.2, 0.25) is 0 Å². The van der Waals surface area contributed by atoms with Crippen LogP contribution in [0.4, 0.5) is 11.4 Å². The van der Waals surface area contributed by atoms with Crippen molar-refractivity contribution in [1.82, 2.24) is 5.43 Å². The normalized spacial score (nSPS) is 15.9. The van der Waals surface area contributed by atoms with Crippen molar-refractivity contribution < 1.29 is 9.72 Å². The lowest BCUT2D eigenvalue weighted by Gasteiger charge is -2.32. The van der Waals surface area contributed by atoms with Crippen LogP contribution in [-0.4, -0.2) is 23.9 Å². The summed E-state index contributed by atoms with van der Waals surface area (Å²) < 4.78 is 0. The minimum Gasteiger partial charge on any atom is -0.365 e. The molecule has 1 aromatic carbocycles. The lowest BCUT2D eigenvalue weighted by atomic mass is 9.98. The van der Waals surface area contributed by atoms with Crippen LogP contribution >= 0.6 is 11.6 Å². The minimum absolute atomic E-state index is 0.0725. The van der Waals surface area contributed by atoms with Gasteiger partial charge in [0.05, 0.1) is 9.95 Å². The van der Waals surface area contributed by atoms with Crippen LogP contribution < -0.4 is 16.2 Å². The Morgan fingerprint density at radius 2 is 2.10 bits per heavy atom. The number of carbonyl (C=O) groups is 1. The van der Waals surface area contributed by atoms with Gasteiger partial charge in [-0.05, 0) is 24.8 Å². The molecule has 1 amide bonds. The fourth-order valence-electron chi connectivity index (χ4n) is 2.48. The highest BCUT2D eigenvalue weighted by molar-refractivity contribution is 6.34. The molecule has 1 aromatic rings. The van der Waals surface area contributed by atoms with Crippen molar-refractivity contribution in [2.24, 2.45) is 11.8 Å². The number of hydrazine groups is 1. The molecule has 1 fully saturated rings. The quantitative estimate of drug-likeness (QED) is 0.385. The number of rotatable bonds is 3. The largest absolute Gasteiger partial charge is 0.365 e. The van der Waals surface area contributed by atoms with Crippen LogP contribution in [0.1, 0.15) is 30.1 Å². The van der Waals surface area contributed by atoms with Gasteiger partial charge in [0.1, 0.15) is 5.69 Å². The van der Waals surface area contributed by atoms with E-state index in [-0.39, 0.29) is 16.3 Å². The molecule has 0 aliphatic carbocycles. The molecule has 0 aromatic heterocycles. The van der Waals surface area contributed by atoms with Crippen molar-refractivity contribution in [3.05, 3.63) is 32.8 Å². The number of nitrogen functional groups attached to an aromatic ring is 1. The maximum atomic E-state index is 11.5. The number of carbonyl (C=O) groups excluding carboxylic acids is 1. The van der Waals surface area contributed by atoms with Crippen LogP contribution in [0.3, 0.4) is 0 Å². The third-order valence-electron chi connectivity index (χ3n) is 3.73. The molecule has 0 bridgehead atoms. The molecule has 1 aliphatic heterocycles. The minimum atomic E-state index is -0.612. The molecular formula is C13H17ClN4O3. The van der Waals surface area contributed by atoms with Crippen molar-refractivity contribution in [2.75, 3.05) is 18.0 Å². The molecule has 3 N–H and O–H groups in total. The number of nitro groups is 1. The van der Waals surface area contributed by atoms with E-state index in [9.17, 15) is 14.9 Å². The number of nitrogens with two attached hydrogens (primary N) is 1. The second kappa shape index (κ2) is 6.28.